The molecule has 0 unspecified atom stereocenters. The molecule has 0 aliphatic rings. The minimum atomic E-state index is 0.108. The number of benzene rings is 1. The molecule has 0 saturated carbocycles. The summed E-state index contributed by atoms with van der Waals surface area (Å²) in [5.41, 5.74) is 6.95. The lowest BCUT2D eigenvalue weighted by Gasteiger charge is -2.22. The van der Waals surface area contributed by atoms with E-state index >= 15 is 0 Å². The van der Waals surface area contributed by atoms with Crippen molar-refractivity contribution >= 4 is 23.2 Å². The van der Waals surface area contributed by atoms with Crippen molar-refractivity contribution in [3.05, 3.63) is 33.8 Å². The van der Waals surface area contributed by atoms with Crippen LogP contribution in [-0.4, -0.2) is 6.54 Å². The Labute approximate surface area is 95.2 Å². The van der Waals surface area contributed by atoms with Crippen molar-refractivity contribution in [2.75, 3.05) is 6.54 Å². The van der Waals surface area contributed by atoms with Gasteiger partial charge in [0.25, 0.3) is 0 Å². The van der Waals surface area contributed by atoms with E-state index in [1.54, 1.807) is 0 Å². The first-order valence-electron chi connectivity index (χ1n) is 4.58. The Balaban J connectivity index is 2.83. The lowest BCUT2D eigenvalue weighted by Crippen LogP contribution is -2.25. The van der Waals surface area contributed by atoms with Crippen LogP contribution in [0.5, 0.6) is 0 Å². The molecule has 3 heteroatoms. The van der Waals surface area contributed by atoms with Gasteiger partial charge < -0.3 is 5.73 Å². The number of hydrogen-bond donors (Lipinski definition) is 1. The second kappa shape index (κ2) is 4.52. The first-order chi connectivity index (χ1) is 6.44. The van der Waals surface area contributed by atoms with Gasteiger partial charge in [0.15, 0.2) is 0 Å². The molecule has 0 bridgehead atoms. The van der Waals surface area contributed by atoms with Gasteiger partial charge in [-0.2, -0.15) is 0 Å². The van der Waals surface area contributed by atoms with Crippen LogP contribution in [0.25, 0.3) is 0 Å². The molecule has 0 aromatic heterocycles. The molecule has 0 atom stereocenters. The van der Waals surface area contributed by atoms with Crippen molar-refractivity contribution in [1.82, 2.24) is 0 Å². The van der Waals surface area contributed by atoms with E-state index < -0.39 is 0 Å². The summed E-state index contributed by atoms with van der Waals surface area (Å²) < 4.78 is 0. The van der Waals surface area contributed by atoms with Crippen molar-refractivity contribution in [3.8, 4) is 0 Å². The largest absolute Gasteiger partial charge is 0.330 e. The van der Waals surface area contributed by atoms with Crippen molar-refractivity contribution < 1.29 is 0 Å². The Bertz CT molecular complexity index is 321. The van der Waals surface area contributed by atoms with Gasteiger partial charge in [-0.05, 0) is 36.1 Å². The molecule has 2 N–H and O–H groups in total. The molecule has 1 aromatic rings. The third kappa shape index (κ3) is 3.16. The molecule has 0 heterocycles. The van der Waals surface area contributed by atoms with E-state index in [4.69, 9.17) is 28.9 Å². The van der Waals surface area contributed by atoms with E-state index in [0.717, 1.165) is 6.42 Å². The van der Waals surface area contributed by atoms with Gasteiger partial charge in [0.05, 0.1) is 10.0 Å². The predicted molar refractivity (Wildman–Crippen MR) is 63.0 cm³/mol. The minimum Gasteiger partial charge on any atom is -0.330 e. The fraction of sp³-hybridized carbons (Fsp3) is 0.455. The van der Waals surface area contributed by atoms with E-state index in [0.29, 0.717) is 16.6 Å². The maximum absolute atomic E-state index is 5.92. The summed E-state index contributed by atoms with van der Waals surface area (Å²) in [6.07, 6.45) is 0.917. The number of nitrogens with two attached hydrogens (primary N) is 1. The highest BCUT2D eigenvalue weighted by atomic mass is 35.5. The van der Waals surface area contributed by atoms with E-state index in [1.807, 2.05) is 18.2 Å². The molecule has 1 aromatic carbocycles. The molecular formula is C11H15Cl2N. The van der Waals surface area contributed by atoms with E-state index in [1.165, 1.54) is 5.56 Å². The maximum Gasteiger partial charge on any atom is 0.0595 e. The van der Waals surface area contributed by atoms with Crippen LogP contribution in [-0.2, 0) is 6.42 Å². The number of hydrogen-bond acceptors (Lipinski definition) is 1. The first kappa shape index (κ1) is 11.8. The molecule has 0 fully saturated rings. The molecule has 14 heavy (non-hydrogen) atoms. The van der Waals surface area contributed by atoms with Gasteiger partial charge in [-0.25, -0.2) is 0 Å². The third-order valence-corrected chi connectivity index (χ3v) is 2.96. The van der Waals surface area contributed by atoms with Crippen molar-refractivity contribution in [2.45, 2.75) is 20.3 Å². The van der Waals surface area contributed by atoms with Gasteiger partial charge in [0, 0.05) is 0 Å². The highest BCUT2D eigenvalue weighted by molar-refractivity contribution is 6.42. The van der Waals surface area contributed by atoms with Gasteiger partial charge in [0.2, 0.25) is 0 Å². The van der Waals surface area contributed by atoms with Gasteiger partial charge in [-0.15, -0.1) is 0 Å². The second-order valence-electron chi connectivity index (χ2n) is 4.29. The SMILES string of the molecule is CC(C)(CN)Cc1ccc(Cl)c(Cl)c1. The van der Waals surface area contributed by atoms with Crippen molar-refractivity contribution in [1.29, 1.82) is 0 Å². The Morgan fingerprint density at radius 1 is 1.21 bits per heavy atom. The number of halogens is 2. The standard InChI is InChI=1S/C11H15Cl2N/c1-11(2,7-14)6-8-3-4-9(12)10(13)5-8/h3-5H,6-7,14H2,1-2H3. The minimum absolute atomic E-state index is 0.108. The highest BCUT2D eigenvalue weighted by Crippen LogP contribution is 2.26. The summed E-state index contributed by atoms with van der Waals surface area (Å²) >= 11 is 11.8. The van der Waals surface area contributed by atoms with E-state index in [-0.39, 0.29) is 5.41 Å². The smallest absolute Gasteiger partial charge is 0.0595 e. The Morgan fingerprint density at radius 3 is 2.36 bits per heavy atom. The highest BCUT2D eigenvalue weighted by Gasteiger charge is 2.16. The molecule has 0 spiro atoms. The summed E-state index contributed by atoms with van der Waals surface area (Å²) in [5.74, 6) is 0. The van der Waals surface area contributed by atoms with Crippen LogP contribution < -0.4 is 5.73 Å². The fourth-order valence-corrected chi connectivity index (χ4v) is 1.60. The van der Waals surface area contributed by atoms with Crippen LogP contribution in [0, 0.1) is 5.41 Å². The van der Waals surface area contributed by atoms with Crippen LogP contribution >= 0.6 is 23.2 Å². The number of rotatable bonds is 3. The van der Waals surface area contributed by atoms with Crippen LogP contribution in [0.1, 0.15) is 19.4 Å². The summed E-state index contributed by atoms with van der Waals surface area (Å²) in [4.78, 5) is 0. The van der Waals surface area contributed by atoms with E-state index in [2.05, 4.69) is 13.8 Å². The Hall–Kier alpha value is -0.240. The van der Waals surface area contributed by atoms with Crippen LogP contribution in [0.3, 0.4) is 0 Å². The fourth-order valence-electron chi connectivity index (χ4n) is 1.27. The zero-order valence-corrected chi connectivity index (χ0v) is 9.99. The van der Waals surface area contributed by atoms with Crippen LogP contribution in [0.4, 0.5) is 0 Å². The third-order valence-electron chi connectivity index (χ3n) is 2.22. The average molecular weight is 232 g/mol. The van der Waals surface area contributed by atoms with Gasteiger partial charge >= 0.3 is 0 Å². The quantitative estimate of drug-likeness (QED) is 0.847. The zero-order valence-electron chi connectivity index (χ0n) is 8.48. The maximum atomic E-state index is 5.92. The van der Waals surface area contributed by atoms with Gasteiger partial charge in [0.1, 0.15) is 0 Å². The Morgan fingerprint density at radius 2 is 1.86 bits per heavy atom. The summed E-state index contributed by atoms with van der Waals surface area (Å²) in [6.45, 7) is 4.93. The first-order valence-corrected chi connectivity index (χ1v) is 5.34. The van der Waals surface area contributed by atoms with E-state index in [9.17, 15) is 0 Å². The lowest BCUT2D eigenvalue weighted by atomic mass is 9.86. The predicted octanol–water partition coefficient (Wildman–Crippen LogP) is 3.52. The second-order valence-corrected chi connectivity index (χ2v) is 5.11. The molecular weight excluding hydrogens is 217 g/mol. The van der Waals surface area contributed by atoms with Crippen molar-refractivity contribution in [3.63, 3.8) is 0 Å². The monoisotopic (exact) mass is 231 g/mol. The molecule has 0 saturated heterocycles. The summed E-state index contributed by atoms with van der Waals surface area (Å²) in [7, 11) is 0. The van der Waals surface area contributed by atoms with Gasteiger partial charge in [-0.3, -0.25) is 0 Å². The molecule has 0 radical (unpaired) electrons. The topological polar surface area (TPSA) is 26.0 Å². The molecule has 0 aliphatic heterocycles. The molecule has 1 nitrogen and oxygen atoms in total. The molecule has 0 aliphatic carbocycles. The average Bonchev–Trinajstić information content (AvgIpc) is 2.11. The van der Waals surface area contributed by atoms with Gasteiger partial charge in [-0.1, -0.05) is 43.1 Å². The molecule has 78 valence electrons. The summed E-state index contributed by atoms with van der Waals surface area (Å²) in [5, 5.41) is 1.21. The molecule has 1 rings (SSSR count). The zero-order chi connectivity index (χ0) is 10.8. The lowest BCUT2D eigenvalue weighted by molar-refractivity contribution is 0.377. The van der Waals surface area contributed by atoms with Crippen molar-refractivity contribution in [2.24, 2.45) is 11.1 Å². The summed E-state index contributed by atoms with van der Waals surface area (Å²) in [6, 6.07) is 5.72. The normalized spacial score (nSPS) is 11.8. The molecule has 0 amide bonds. The van der Waals surface area contributed by atoms with Crippen LogP contribution in [0.15, 0.2) is 18.2 Å². The Kier molecular flexibility index (Phi) is 3.82. The van der Waals surface area contributed by atoms with Crippen LogP contribution in [0.2, 0.25) is 10.0 Å².